The van der Waals surface area contributed by atoms with E-state index in [0.717, 1.165) is 10.5 Å². The Hall–Kier alpha value is -1.82. The van der Waals surface area contributed by atoms with Crippen LogP contribution < -0.4 is 10.3 Å². The van der Waals surface area contributed by atoms with E-state index in [-0.39, 0.29) is 5.88 Å². The van der Waals surface area contributed by atoms with E-state index in [1.807, 2.05) is 0 Å². The van der Waals surface area contributed by atoms with Gasteiger partial charge in [0.05, 0.1) is 17.6 Å². The summed E-state index contributed by atoms with van der Waals surface area (Å²) in [5.74, 6) is 0.672. The van der Waals surface area contributed by atoms with Gasteiger partial charge in [-0.1, -0.05) is 0 Å². The molecule has 0 amide bonds. The zero-order valence-corrected chi connectivity index (χ0v) is 10.5. The third-order valence-corrected chi connectivity index (χ3v) is 2.77. The minimum Gasteiger partial charge on any atom is -0.496 e. The van der Waals surface area contributed by atoms with Crippen LogP contribution in [0.5, 0.6) is 11.6 Å². The van der Waals surface area contributed by atoms with Crippen LogP contribution in [-0.2, 0) is 0 Å². The number of aromatic amines is 1. The van der Waals surface area contributed by atoms with Crippen molar-refractivity contribution in [2.45, 2.75) is 0 Å². The number of ether oxygens (including phenoxy) is 1. The number of hydrogen-bond donors (Lipinski definition) is 2. The first-order valence-electron chi connectivity index (χ1n) is 4.74. The molecule has 0 atom stereocenters. The van der Waals surface area contributed by atoms with Gasteiger partial charge in [-0.3, -0.25) is 4.79 Å². The number of rotatable bonds is 2. The van der Waals surface area contributed by atoms with Gasteiger partial charge in [-0.15, -0.1) is 0 Å². The van der Waals surface area contributed by atoms with Crippen LogP contribution >= 0.6 is 15.9 Å². The van der Waals surface area contributed by atoms with Crippen molar-refractivity contribution in [1.82, 2.24) is 9.97 Å². The Labute approximate surface area is 105 Å². The molecule has 17 heavy (non-hydrogen) atoms. The topological polar surface area (TPSA) is 75.2 Å². The lowest BCUT2D eigenvalue weighted by Crippen LogP contribution is -2.06. The number of aromatic nitrogens is 2. The molecule has 5 nitrogen and oxygen atoms in total. The summed E-state index contributed by atoms with van der Waals surface area (Å²) in [5.41, 5.74) is 0.269. The third kappa shape index (κ3) is 2.47. The van der Waals surface area contributed by atoms with E-state index in [4.69, 9.17) is 4.74 Å². The van der Waals surface area contributed by atoms with Crippen molar-refractivity contribution < 1.29 is 9.84 Å². The third-order valence-electron chi connectivity index (χ3n) is 2.15. The summed E-state index contributed by atoms with van der Waals surface area (Å²) in [6.07, 6.45) is 0. The SMILES string of the molecule is COc1ccc(-c2nc(O)cc(=O)[nH]2)cc1Br. The molecule has 0 unspecified atom stereocenters. The van der Waals surface area contributed by atoms with Gasteiger partial charge in [-0.25, -0.2) is 0 Å². The smallest absolute Gasteiger partial charge is 0.254 e. The molecular formula is C11H9BrN2O3. The van der Waals surface area contributed by atoms with Gasteiger partial charge in [0, 0.05) is 5.56 Å². The molecule has 2 N–H and O–H groups in total. The fourth-order valence-electron chi connectivity index (χ4n) is 1.40. The van der Waals surface area contributed by atoms with Gasteiger partial charge < -0.3 is 14.8 Å². The number of nitrogens with zero attached hydrogens (tertiary/aromatic N) is 1. The summed E-state index contributed by atoms with van der Waals surface area (Å²) in [4.78, 5) is 17.6. The second-order valence-electron chi connectivity index (χ2n) is 3.30. The number of halogens is 1. The summed E-state index contributed by atoms with van der Waals surface area (Å²) < 4.78 is 5.83. The predicted molar refractivity (Wildman–Crippen MR) is 66.2 cm³/mol. The molecule has 0 saturated carbocycles. The first-order chi connectivity index (χ1) is 8.10. The number of hydrogen-bond acceptors (Lipinski definition) is 4. The van der Waals surface area contributed by atoms with E-state index in [2.05, 4.69) is 25.9 Å². The summed E-state index contributed by atoms with van der Waals surface area (Å²) in [7, 11) is 1.56. The number of methoxy groups -OCH3 is 1. The maximum absolute atomic E-state index is 11.2. The van der Waals surface area contributed by atoms with Crippen LogP contribution in [0.1, 0.15) is 0 Å². The number of nitrogens with one attached hydrogen (secondary N) is 1. The van der Waals surface area contributed by atoms with Crippen molar-refractivity contribution >= 4 is 15.9 Å². The van der Waals surface area contributed by atoms with Gasteiger partial charge in [0.2, 0.25) is 5.88 Å². The molecule has 0 aliphatic heterocycles. The first-order valence-corrected chi connectivity index (χ1v) is 5.53. The molecule has 2 rings (SSSR count). The molecule has 0 saturated heterocycles. The molecule has 0 fully saturated rings. The maximum atomic E-state index is 11.2. The summed E-state index contributed by atoms with van der Waals surface area (Å²) >= 11 is 3.33. The van der Waals surface area contributed by atoms with E-state index < -0.39 is 5.56 Å². The van der Waals surface area contributed by atoms with Gasteiger partial charge in [0.25, 0.3) is 5.56 Å². The first kappa shape index (κ1) is 11.7. The molecule has 0 spiro atoms. The Kier molecular flexibility index (Phi) is 3.14. The zero-order valence-electron chi connectivity index (χ0n) is 8.90. The fraction of sp³-hybridized carbons (Fsp3) is 0.0909. The molecule has 0 bridgehead atoms. The molecule has 6 heteroatoms. The molecule has 0 aliphatic rings. The Morgan fingerprint density at radius 2 is 2.18 bits per heavy atom. The van der Waals surface area contributed by atoms with Gasteiger partial charge >= 0.3 is 0 Å². The highest BCUT2D eigenvalue weighted by atomic mass is 79.9. The van der Waals surface area contributed by atoms with Crippen molar-refractivity contribution in [3.63, 3.8) is 0 Å². The van der Waals surface area contributed by atoms with E-state index >= 15 is 0 Å². The molecule has 1 aromatic heterocycles. The summed E-state index contributed by atoms with van der Waals surface area (Å²) in [5, 5.41) is 9.26. The van der Waals surface area contributed by atoms with Gasteiger partial charge in [-0.2, -0.15) is 4.98 Å². The van der Waals surface area contributed by atoms with Crippen LogP contribution in [0, 0.1) is 0 Å². The second-order valence-corrected chi connectivity index (χ2v) is 4.16. The lowest BCUT2D eigenvalue weighted by atomic mass is 10.2. The van der Waals surface area contributed by atoms with E-state index in [1.54, 1.807) is 25.3 Å². The monoisotopic (exact) mass is 296 g/mol. The highest BCUT2D eigenvalue weighted by molar-refractivity contribution is 9.10. The van der Waals surface area contributed by atoms with E-state index in [9.17, 15) is 9.90 Å². The minimum absolute atomic E-state index is 0.304. The zero-order chi connectivity index (χ0) is 12.4. The number of H-pyrrole nitrogens is 1. The summed E-state index contributed by atoms with van der Waals surface area (Å²) in [6, 6.07) is 6.24. The number of aromatic hydroxyl groups is 1. The van der Waals surface area contributed by atoms with Crippen LogP contribution in [0.25, 0.3) is 11.4 Å². The van der Waals surface area contributed by atoms with Crippen LogP contribution in [0.15, 0.2) is 33.5 Å². The average molecular weight is 297 g/mol. The van der Waals surface area contributed by atoms with Gasteiger partial charge in [0.1, 0.15) is 11.6 Å². The van der Waals surface area contributed by atoms with Crippen molar-refractivity contribution in [2.24, 2.45) is 0 Å². The minimum atomic E-state index is -0.403. The second kappa shape index (κ2) is 4.58. The molecule has 0 radical (unpaired) electrons. The highest BCUT2D eigenvalue weighted by Gasteiger charge is 2.06. The largest absolute Gasteiger partial charge is 0.496 e. The van der Waals surface area contributed by atoms with Crippen molar-refractivity contribution in [1.29, 1.82) is 0 Å². The quantitative estimate of drug-likeness (QED) is 0.888. The van der Waals surface area contributed by atoms with E-state index in [0.29, 0.717) is 17.1 Å². The lowest BCUT2D eigenvalue weighted by molar-refractivity contribution is 0.412. The maximum Gasteiger partial charge on any atom is 0.254 e. The molecule has 88 valence electrons. The van der Waals surface area contributed by atoms with Crippen LogP contribution in [-0.4, -0.2) is 22.2 Å². The van der Waals surface area contributed by atoms with Crippen molar-refractivity contribution in [3.05, 3.63) is 39.1 Å². The lowest BCUT2D eigenvalue weighted by Gasteiger charge is -2.05. The molecule has 0 aliphatic carbocycles. The van der Waals surface area contributed by atoms with E-state index in [1.165, 1.54) is 0 Å². The van der Waals surface area contributed by atoms with Gasteiger partial charge in [-0.05, 0) is 34.1 Å². The average Bonchev–Trinajstić information content (AvgIpc) is 2.27. The Morgan fingerprint density at radius 3 is 2.76 bits per heavy atom. The molecule has 1 heterocycles. The van der Waals surface area contributed by atoms with Crippen molar-refractivity contribution in [2.75, 3.05) is 7.11 Å². The Morgan fingerprint density at radius 1 is 1.41 bits per heavy atom. The van der Waals surface area contributed by atoms with Crippen LogP contribution in [0.3, 0.4) is 0 Å². The Balaban J connectivity index is 2.53. The number of benzene rings is 1. The normalized spacial score (nSPS) is 10.2. The Bertz CT molecular complexity index is 610. The van der Waals surface area contributed by atoms with Crippen LogP contribution in [0.4, 0.5) is 0 Å². The molecule has 1 aromatic carbocycles. The van der Waals surface area contributed by atoms with Crippen LogP contribution in [0.2, 0.25) is 0 Å². The predicted octanol–water partition coefficient (Wildman–Crippen LogP) is 1.91. The fourth-order valence-corrected chi connectivity index (χ4v) is 1.94. The summed E-state index contributed by atoms with van der Waals surface area (Å²) in [6.45, 7) is 0. The van der Waals surface area contributed by atoms with Crippen molar-refractivity contribution in [3.8, 4) is 23.0 Å². The molecule has 2 aromatic rings. The van der Waals surface area contributed by atoms with Gasteiger partial charge in [0.15, 0.2) is 0 Å². The highest BCUT2D eigenvalue weighted by Crippen LogP contribution is 2.29. The standard InChI is InChI=1S/C11H9BrN2O3/c1-17-8-3-2-6(4-7(8)12)11-13-9(15)5-10(16)14-11/h2-5H,1H3,(H2,13,14,15,16). The molecular weight excluding hydrogens is 288 g/mol.